The van der Waals surface area contributed by atoms with E-state index in [1.165, 1.54) is 4.90 Å². The van der Waals surface area contributed by atoms with Crippen LogP contribution >= 0.6 is 0 Å². The van der Waals surface area contributed by atoms with Crippen LogP contribution in [0.3, 0.4) is 0 Å². The minimum Gasteiger partial charge on any atom is -0.480 e. The van der Waals surface area contributed by atoms with Gasteiger partial charge in [-0.05, 0) is 50.8 Å². The molecule has 0 unspecified atom stereocenters. The summed E-state index contributed by atoms with van der Waals surface area (Å²) < 4.78 is 0. The van der Waals surface area contributed by atoms with E-state index in [2.05, 4.69) is 5.32 Å². The lowest BCUT2D eigenvalue weighted by Crippen LogP contribution is -2.51. The average molecular weight is 347 g/mol. The number of carbonyl (C=O) groups excluding carboxylic acids is 2. The van der Waals surface area contributed by atoms with Gasteiger partial charge in [0.1, 0.15) is 12.1 Å². The van der Waals surface area contributed by atoms with Crippen molar-refractivity contribution < 1.29 is 19.5 Å². The number of aliphatic carboxylic acids is 1. The molecule has 0 saturated carbocycles. The molecule has 0 bridgehead atoms. The maximum atomic E-state index is 12.8. The standard InChI is InChI=1S/C18H25N3O4/c19-11-5-4-9-14(20-16(22)13-7-2-1-3-8-13)17(23)21-12-6-10-15(21)18(24)25/h1-3,7-8,14-15H,4-6,9-12,19H2,(H,20,22)(H,24,25)/t14-,15-/m0/s1. The lowest BCUT2D eigenvalue weighted by Gasteiger charge is -2.27. The summed E-state index contributed by atoms with van der Waals surface area (Å²) in [5, 5.41) is 12.1. The Kier molecular flexibility index (Phi) is 6.94. The maximum absolute atomic E-state index is 12.8. The van der Waals surface area contributed by atoms with E-state index in [0.717, 1.165) is 6.42 Å². The highest BCUT2D eigenvalue weighted by molar-refractivity contribution is 5.98. The molecule has 25 heavy (non-hydrogen) atoms. The first kappa shape index (κ1) is 18.9. The van der Waals surface area contributed by atoms with Crippen LogP contribution in [0.1, 0.15) is 42.5 Å². The number of nitrogens with one attached hydrogen (secondary N) is 1. The molecule has 1 aliphatic heterocycles. The third-order valence-corrected chi connectivity index (χ3v) is 4.41. The molecule has 1 aromatic rings. The van der Waals surface area contributed by atoms with Crippen molar-refractivity contribution in [2.45, 2.75) is 44.2 Å². The molecule has 1 fully saturated rings. The van der Waals surface area contributed by atoms with Crippen molar-refractivity contribution in [3.63, 3.8) is 0 Å². The maximum Gasteiger partial charge on any atom is 0.326 e. The van der Waals surface area contributed by atoms with Crippen LogP contribution in [0.15, 0.2) is 30.3 Å². The average Bonchev–Trinajstić information content (AvgIpc) is 3.11. The molecule has 0 radical (unpaired) electrons. The number of hydrogen-bond acceptors (Lipinski definition) is 4. The topological polar surface area (TPSA) is 113 Å². The number of nitrogens with two attached hydrogens (primary N) is 1. The summed E-state index contributed by atoms with van der Waals surface area (Å²) in [6.07, 6.45) is 2.98. The second-order valence-corrected chi connectivity index (χ2v) is 6.20. The largest absolute Gasteiger partial charge is 0.480 e. The van der Waals surface area contributed by atoms with Gasteiger partial charge in [-0.25, -0.2) is 4.79 Å². The first-order valence-corrected chi connectivity index (χ1v) is 8.64. The quantitative estimate of drug-likeness (QED) is 0.607. The molecule has 2 rings (SSSR count). The fraction of sp³-hybridized carbons (Fsp3) is 0.500. The second-order valence-electron chi connectivity index (χ2n) is 6.20. The molecule has 7 nitrogen and oxygen atoms in total. The highest BCUT2D eigenvalue weighted by atomic mass is 16.4. The molecule has 1 aliphatic rings. The van der Waals surface area contributed by atoms with E-state index in [0.29, 0.717) is 44.3 Å². The number of rotatable bonds is 8. The summed E-state index contributed by atoms with van der Waals surface area (Å²) in [5.41, 5.74) is 5.97. The molecule has 2 atom stereocenters. The normalized spacial score (nSPS) is 18.0. The minimum atomic E-state index is -0.999. The number of amides is 2. The Hall–Kier alpha value is -2.41. The van der Waals surface area contributed by atoms with Gasteiger partial charge in [0.15, 0.2) is 0 Å². The van der Waals surface area contributed by atoms with E-state index in [1.54, 1.807) is 24.3 Å². The Balaban J connectivity index is 2.10. The molecule has 0 aliphatic carbocycles. The molecule has 1 heterocycles. The molecule has 4 N–H and O–H groups in total. The summed E-state index contributed by atoms with van der Waals surface area (Å²) in [6.45, 7) is 0.916. The smallest absolute Gasteiger partial charge is 0.326 e. The summed E-state index contributed by atoms with van der Waals surface area (Å²) in [6, 6.07) is 7.11. The van der Waals surface area contributed by atoms with Crippen molar-refractivity contribution in [1.29, 1.82) is 0 Å². The van der Waals surface area contributed by atoms with Crippen molar-refractivity contribution in [3.05, 3.63) is 35.9 Å². The molecule has 0 spiro atoms. The van der Waals surface area contributed by atoms with Crippen LogP contribution < -0.4 is 11.1 Å². The SMILES string of the molecule is NCCCC[C@H](NC(=O)c1ccccc1)C(=O)N1CCC[C@H]1C(=O)O. The molecular weight excluding hydrogens is 322 g/mol. The third-order valence-electron chi connectivity index (χ3n) is 4.41. The van der Waals surface area contributed by atoms with E-state index >= 15 is 0 Å². The lowest BCUT2D eigenvalue weighted by molar-refractivity contribution is -0.149. The number of likely N-dealkylation sites (tertiary alicyclic amines) is 1. The monoisotopic (exact) mass is 347 g/mol. The van der Waals surface area contributed by atoms with Gasteiger partial charge in [-0.15, -0.1) is 0 Å². The van der Waals surface area contributed by atoms with Crippen LogP contribution in [-0.2, 0) is 9.59 Å². The Labute approximate surface area is 147 Å². The van der Waals surface area contributed by atoms with E-state index in [1.807, 2.05) is 6.07 Å². The van der Waals surface area contributed by atoms with Crippen LogP contribution in [0.5, 0.6) is 0 Å². The Morgan fingerprint density at radius 1 is 1.24 bits per heavy atom. The predicted octanol–water partition coefficient (Wildman–Crippen LogP) is 0.990. The van der Waals surface area contributed by atoms with Crippen molar-refractivity contribution in [2.75, 3.05) is 13.1 Å². The summed E-state index contributed by atoms with van der Waals surface area (Å²) in [5.74, 6) is -1.66. The number of unbranched alkanes of at least 4 members (excludes halogenated alkanes) is 1. The first-order chi connectivity index (χ1) is 12.0. The van der Waals surface area contributed by atoms with E-state index in [4.69, 9.17) is 5.73 Å². The number of carbonyl (C=O) groups is 3. The molecule has 136 valence electrons. The molecule has 7 heteroatoms. The summed E-state index contributed by atoms with van der Waals surface area (Å²) in [4.78, 5) is 38.0. The third kappa shape index (κ3) is 5.03. The fourth-order valence-corrected chi connectivity index (χ4v) is 3.07. The fourth-order valence-electron chi connectivity index (χ4n) is 3.07. The van der Waals surface area contributed by atoms with Gasteiger partial charge in [0.2, 0.25) is 5.91 Å². The van der Waals surface area contributed by atoms with Crippen LogP contribution in [0.4, 0.5) is 0 Å². The van der Waals surface area contributed by atoms with Crippen molar-refractivity contribution in [3.8, 4) is 0 Å². The predicted molar refractivity (Wildman–Crippen MR) is 93.0 cm³/mol. The molecule has 1 aromatic carbocycles. The summed E-state index contributed by atoms with van der Waals surface area (Å²) >= 11 is 0. The van der Waals surface area contributed by atoms with E-state index in [-0.39, 0.29) is 11.8 Å². The highest BCUT2D eigenvalue weighted by Gasteiger charge is 2.37. The molecule has 0 aromatic heterocycles. The molecular formula is C18H25N3O4. The number of carboxylic acids is 1. The van der Waals surface area contributed by atoms with E-state index in [9.17, 15) is 19.5 Å². The molecule has 2 amide bonds. The first-order valence-electron chi connectivity index (χ1n) is 8.64. The van der Waals surface area contributed by atoms with Gasteiger partial charge in [0.25, 0.3) is 5.91 Å². The second kappa shape index (κ2) is 9.17. The Bertz CT molecular complexity index is 606. The Morgan fingerprint density at radius 2 is 1.96 bits per heavy atom. The van der Waals surface area contributed by atoms with Crippen LogP contribution in [0, 0.1) is 0 Å². The van der Waals surface area contributed by atoms with Gasteiger partial charge in [0.05, 0.1) is 0 Å². The van der Waals surface area contributed by atoms with E-state index < -0.39 is 18.1 Å². The number of benzene rings is 1. The van der Waals surface area contributed by atoms with Gasteiger partial charge in [-0.3, -0.25) is 9.59 Å². The van der Waals surface area contributed by atoms with Crippen LogP contribution in [0.25, 0.3) is 0 Å². The van der Waals surface area contributed by atoms with Gasteiger partial charge in [-0.2, -0.15) is 0 Å². The van der Waals surface area contributed by atoms with Gasteiger partial charge >= 0.3 is 5.97 Å². The summed E-state index contributed by atoms with van der Waals surface area (Å²) in [7, 11) is 0. The Morgan fingerprint density at radius 3 is 2.60 bits per heavy atom. The zero-order valence-corrected chi connectivity index (χ0v) is 14.2. The van der Waals surface area contributed by atoms with Crippen LogP contribution in [0.2, 0.25) is 0 Å². The number of carboxylic acid groups (broad SMARTS) is 1. The number of nitrogens with zero attached hydrogens (tertiary/aromatic N) is 1. The van der Waals surface area contributed by atoms with Gasteiger partial charge in [0, 0.05) is 12.1 Å². The highest BCUT2D eigenvalue weighted by Crippen LogP contribution is 2.20. The van der Waals surface area contributed by atoms with Gasteiger partial charge in [-0.1, -0.05) is 18.2 Å². The van der Waals surface area contributed by atoms with Crippen molar-refractivity contribution in [1.82, 2.24) is 10.2 Å². The zero-order chi connectivity index (χ0) is 18.2. The van der Waals surface area contributed by atoms with Crippen molar-refractivity contribution >= 4 is 17.8 Å². The lowest BCUT2D eigenvalue weighted by atomic mass is 10.1. The molecule has 1 saturated heterocycles. The number of hydrogen-bond donors (Lipinski definition) is 3. The zero-order valence-electron chi connectivity index (χ0n) is 14.2. The van der Waals surface area contributed by atoms with Crippen molar-refractivity contribution in [2.24, 2.45) is 5.73 Å². The van der Waals surface area contributed by atoms with Crippen LogP contribution in [-0.4, -0.2) is 53.0 Å². The minimum absolute atomic E-state index is 0.328. The van der Waals surface area contributed by atoms with Gasteiger partial charge < -0.3 is 21.1 Å².